The molecule has 0 heterocycles. The quantitative estimate of drug-likeness (QED) is 0.853. The van der Waals surface area contributed by atoms with Crippen molar-refractivity contribution >= 4 is 15.7 Å². The van der Waals surface area contributed by atoms with Crippen LogP contribution in [0.3, 0.4) is 0 Å². The fourth-order valence-electron chi connectivity index (χ4n) is 1.72. The van der Waals surface area contributed by atoms with Gasteiger partial charge < -0.3 is 5.11 Å². The topological polar surface area (TPSA) is 90.2 Å². The van der Waals surface area contributed by atoms with Gasteiger partial charge in [0.25, 0.3) is 10.0 Å². The summed E-state index contributed by atoms with van der Waals surface area (Å²) in [6.45, 7) is 1.62. The smallest absolute Gasteiger partial charge is 0.262 e. The molecule has 0 aliphatic heterocycles. The predicted molar refractivity (Wildman–Crippen MR) is 74.8 cm³/mol. The molecule has 0 radical (unpaired) electrons. The van der Waals surface area contributed by atoms with Gasteiger partial charge in [0, 0.05) is 6.07 Å². The molecule has 7 heteroatoms. The molecule has 2 aromatic rings. The van der Waals surface area contributed by atoms with E-state index in [-0.39, 0.29) is 10.6 Å². The number of sulfonamides is 1. The molecule has 0 saturated heterocycles. The van der Waals surface area contributed by atoms with Crippen LogP contribution in [0.25, 0.3) is 0 Å². The molecular formula is C14H11FN2O3S. The van der Waals surface area contributed by atoms with E-state index in [0.717, 1.165) is 18.2 Å². The number of anilines is 1. The Balaban J connectivity index is 2.39. The Labute approximate surface area is 121 Å². The SMILES string of the molecule is Cc1cc(S(=O)(=O)Nc2ccc(F)cc2O)ccc1C#N. The predicted octanol–water partition coefficient (Wildman–Crippen LogP) is 2.51. The first-order chi connectivity index (χ1) is 9.83. The van der Waals surface area contributed by atoms with Gasteiger partial charge in [0.1, 0.15) is 11.6 Å². The summed E-state index contributed by atoms with van der Waals surface area (Å²) in [6.07, 6.45) is 0. The number of hydrogen-bond acceptors (Lipinski definition) is 4. The van der Waals surface area contributed by atoms with E-state index in [1.54, 1.807) is 6.92 Å². The molecule has 0 spiro atoms. The molecule has 0 aliphatic rings. The number of phenolic OH excluding ortho intramolecular Hbond substituents is 1. The van der Waals surface area contributed by atoms with Crippen LogP contribution in [0.2, 0.25) is 0 Å². The molecule has 2 aromatic carbocycles. The molecule has 0 atom stereocenters. The fraction of sp³-hybridized carbons (Fsp3) is 0.0714. The maximum Gasteiger partial charge on any atom is 0.262 e. The molecule has 0 bridgehead atoms. The van der Waals surface area contributed by atoms with Crippen molar-refractivity contribution in [3.63, 3.8) is 0 Å². The zero-order chi connectivity index (χ0) is 15.6. The van der Waals surface area contributed by atoms with Gasteiger partial charge in [0.15, 0.2) is 0 Å². The first-order valence-corrected chi connectivity index (χ1v) is 7.34. The Morgan fingerprint density at radius 2 is 1.95 bits per heavy atom. The molecule has 0 aliphatic carbocycles. The van der Waals surface area contributed by atoms with Gasteiger partial charge in [-0.15, -0.1) is 0 Å². The Hall–Kier alpha value is -2.59. The largest absolute Gasteiger partial charge is 0.506 e. The van der Waals surface area contributed by atoms with E-state index in [4.69, 9.17) is 5.26 Å². The Kier molecular flexibility index (Phi) is 3.82. The van der Waals surface area contributed by atoms with Crippen LogP contribution in [0.1, 0.15) is 11.1 Å². The van der Waals surface area contributed by atoms with Gasteiger partial charge in [-0.3, -0.25) is 4.72 Å². The molecule has 0 saturated carbocycles. The summed E-state index contributed by atoms with van der Waals surface area (Å²) < 4.78 is 39.4. The molecule has 2 N–H and O–H groups in total. The van der Waals surface area contributed by atoms with Crippen molar-refractivity contribution in [2.75, 3.05) is 4.72 Å². The van der Waals surface area contributed by atoms with Crippen LogP contribution < -0.4 is 4.72 Å². The number of nitrogens with one attached hydrogen (secondary N) is 1. The first-order valence-electron chi connectivity index (χ1n) is 5.85. The standard InChI is InChI=1S/C14H11FN2O3S/c1-9-6-12(4-2-10(9)8-16)21(19,20)17-13-5-3-11(15)7-14(13)18/h2-7,17-18H,1H3. The van der Waals surface area contributed by atoms with Crippen LogP contribution in [-0.4, -0.2) is 13.5 Å². The minimum absolute atomic E-state index is 0.0530. The Morgan fingerprint density at radius 1 is 1.24 bits per heavy atom. The third-order valence-corrected chi connectivity index (χ3v) is 4.20. The van der Waals surface area contributed by atoms with Crippen molar-refractivity contribution in [1.82, 2.24) is 0 Å². The van der Waals surface area contributed by atoms with Crippen molar-refractivity contribution in [2.45, 2.75) is 11.8 Å². The maximum atomic E-state index is 12.9. The summed E-state index contributed by atoms with van der Waals surface area (Å²) in [6, 6.07) is 8.93. The highest BCUT2D eigenvalue weighted by Crippen LogP contribution is 2.26. The van der Waals surface area contributed by atoms with Gasteiger partial charge in [-0.25, -0.2) is 12.8 Å². The van der Waals surface area contributed by atoms with Crippen molar-refractivity contribution in [1.29, 1.82) is 5.26 Å². The van der Waals surface area contributed by atoms with Crippen LogP contribution in [0.15, 0.2) is 41.3 Å². The van der Waals surface area contributed by atoms with Crippen LogP contribution in [0.5, 0.6) is 5.75 Å². The van der Waals surface area contributed by atoms with E-state index in [1.165, 1.54) is 18.2 Å². The number of aryl methyl sites for hydroxylation is 1. The van der Waals surface area contributed by atoms with E-state index < -0.39 is 21.6 Å². The molecule has 21 heavy (non-hydrogen) atoms. The number of benzene rings is 2. The molecule has 0 unspecified atom stereocenters. The van der Waals surface area contributed by atoms with E-state index in [0.29, 0.717) is 11.1 Å². The van der Waals surface area contributed by atoms with Crippen LogP contribution in [0, 0.1) is 24.1 Å². The molecule has 0 amide bonds. The van der Waals surface area contributed by atoms with Crippen molar-refractivity contribution in [3.8, 4) is 11.8 Å². The summed E-state index contributed by atoms with van der Waals surface area (Å²) in [5.41, 5.74) is 0.765. The summed E-state index contributed by atoms with van der Waals surface area (Å²) >= 11 is 0. The second-order valence-electron chi connectivity index (χ2n) is 4.36. The lowest BCUT2D eigenvalue weighted by Gasteiger charge is -2.10. The number of hydrogen-bond donors (Lipinski definition) is 2. The number of rotatable bonds is 3. The van der Waals surface area contributed by atoms with Gasteiger partial charge in [0.2, 0.25) is 0 Å². The van der Waals surface area contributed by atoms with Gasteiger partial charge in [0.05, 0.1) is 22.2 Å². The highest BCUT2D eigenvalue weighted by atomic mass is 32.2. The molecular weight excluding hydrogens is 295 g/mol. The highest BCUT2D eigenvalue weighted by molar-refractivity contribution is 7.92. The highest BCUT2D eigenvalue weighted by Gasteiger charge is 2.17. The van der Waals surface area contributed by atoms with Crippen molar-refractivity contribution in [3.05, 3.63) is 53.3 Å². The number of aromatic hydroxyl groups is 1. The minimum Gasteiger partial charge on any atom is -0.506 e. The van der Waals surface area contributed by atoms with Gasteiger partial charge >= 0.3 is 0 Å². The first kappa shape index (κ1) is 14.8. The molecule has 0 aromatic heterocycles. The normalized spacial score (nSPS) is 10.9. The lowest BCUT2D eigenvalue weighted by Crippen LogP contribution is -2.13. The van der Waals surface area contributed by atoms with Gasteiger partial charge in [-0.1, -0.05) is 0 Å². The van der Waals surface area contributed by atoms with E-state index in [1.807, 2.05) is 6.07 Å². The lowest BCUT2D eigenvalue weighted by molar-refractivity contribution is 0.471. The maximum absolute atomic E-state index is 12.9. The zero-order valence-corrected chi connectivity index (χ0v) is 11.8. The van der Waals surface area contributed by atoms with E-state index >= 15 is 0 Å². The zero-order valence-electron chi connectivity index (χ0n) is 11.0. The van der Waals surface area contributed by atoms with Crippen molar-refractivity contribution < 1.29 is 17.9 Å². The second-order valence-corrected chi connectivity index (χ2v) is 6.04. The van der Waals surface area contributed by atoms with Gasteiger partial charge in [-0.2, -0.15) is 5.26 Å². The molecule has 5 nitrogen and oxygen atoms in total. The van der Waals surface area contributed by atoms with Gasteiger partial charge in [-0.05, 0) is 42.8 Å². The molecule has 2 rings (SSSR count). The Morgan fingerprint density at radius 3 is 2.52 bits per heavy atom. The third kappa shape index (κ3) is 3.12. The van der Waals surface area contributed by atoms with E-state index in [2.05, 4.69) is 4.72 Å². The number of nitriles is 1. The molecule has 0 fully saturated rings. The fourth-order valence-corrected chi connectivity index (χ4v) is 2.88. The van der Waals surface area contributed by atoms with Crippen LogP contribution >= 0.6 is 0 Å². The Bertz CT molecular complexity index is 842. The van der Waals surface area contributed by atoms with E-state index in [9.17, 15) is 17.9 Å². The number of phenols is 1. The lowest BCUT2D eigenvalue weighted by atomic mass is 10.1. The minimum atomic E-state index is -3.94. The monoisotopic (exact) mass is 306 g/mol. The third-order valence-electron chi connectivity index (χ3n) is 2.83. The summed E-state index contributed by atoms with van der Waals surface area (Å²) in [5, 5.41) is 18.4. The summed E-state index contributed by atoms with van der Waals surface area (Å²) in [4.78, 5) is -0.0530. The summed E-state index contributed by atoms with van der Waals surface area (Å²) in [5.74, 6) is -1.19. The van der Waals surface area contributed by atoms with Crippen LogP contribution in [0.4, 0.5) is 10.1 Å². The average Bonchev–Trinajstić information content (AvgIpc) is 2.42. The average molecular weight is 306 g/mol. The molecule has 108 valence electrons. The summed E-state index contributed by atoms with van der Waals surface area (Å²) in [7, 11) is -3.94. The van der Waals surface area contributed by atoms with Crippen LogP contribution in [-0.2, 0) is 10.0 Å². The van der Waals surface area contributed by atoms with Crippen molar-refractivity contribution in [2.24, 2.45) is 0 Å². The number of nitrogens with zero attached hydrogens (tertiary/aromatic N) is 1. The second kappa shape index (κ2) is 5.42. The number of halogens is 1.